The number of hydrogen-bond acceptors (Lipinski definition) is 3. The van der Waals surface area contributed by atoms with Gasteiger partial charge in [0.1, 0.15) is 0 Å². The third-order valence-electron chi connectivity index (χ3n) is 1.22. The minimum Gasteiger partial charge on any atom is -0.393 e. The van der Waals surface area contributed by atoms with E-state index in [1.165, 1.54) is 6.08 Å². The monoisotopic (exact) mass is 146 g/mol. The number of rotatable bonds is 4. The van der Waals surface area contributed by atoms with Crippen molar-refractivity contribution in [3.8, 4) is 0 Å². The molecule has 0 rings (SSSR count). The number of aliphatic hydroxyl groups is 3. The van der Waals surface area contributed by atoms with Crippen LogP contribution < -0.4 is 0 Å². The van der Waals surface area contributed by atoms with Crippen molar-refractivity contribution in [1.29, 1.82) is 0 Å². The average molecular weight is 146 g/mol. The second-order valence-electron chi connectivity index (χ2n) is 2.38. The maximum atomic E-state index is 9.01. The summed E-state index contributed by atoms with van der Waals surface area (Å²) in [5.41, 5.74) is 0. The predicted octanol–water partition coefficient (Wildman–Crippen LogP) is -0.335. The largest absolute Gasteiger partial charge is 0.393 e. The van der Waals surface area contributed by atoms with Crippen molar-refractivity contribution in [2.45, 2.75) is 31.7 Å². The van der Waals surface area contributed by atoms with Gasteiger partial charge in [0, 0.05) is 6.42 Å². The SMILES string of the molecule is C=C[C@@H](O)[C@H](O)C[C@H](C)O. The molecule has 3 atom stereocenters. The molecule has 0 heterocycles. The van der Waals surface area contributed by atoms with Gasteiger partial charge in [-0.05, 0) is 6.92 Å². The third-order valence-corrected chi connectivity index (χ3v) is 1.22. The van der Waals surface area contributed by atoms with Crippen LogP contribution >= 0.6 is 0 Å². The van der Waals surface area contributed by atoms with E-state index in [0.29, 0.717) is 0 Å². The molecule has 0 bridgehead atoms. The molecule has 60 valence electrons. The summed E-state index contributed by atoms with van der Waals surface area (Å²) in [6.45, 7) is 4.85. The van der Waals surface area contributed by atoms with Gasteiger partial charge in [-0.15, -0.1) is 6.58 Å². The molecule has 10 heavy (non-hydrogen) atoms. The van der Waals surface area contributed by atoms with E-state index in [1.54, 1.807) is 6.92 Å². The molecule has 0 fully saturated rings. The fourth-order valence-electron chi connectivity index (χ4n) is 0.646. The molecule has 0 amide bonds. The highest BCUT2D eigenvalue weighted by Gasteiger charge is 2.14. The van der Waals surface area contributed by atoms with Crippen molar-refractivity contribution >= 4 is 0 Å². The molecule has 0 radical (unpaired) electrons. The zero-order valence-corrected chi connectivity index (χ0v) is 6.07. The Morgan fingerprint density at radius 2 is 1.90 bits per heavy atom. The van der Waals surface area contributed by atoms with Crippen LogP contribution in [0, 0.1) is 0 Å². The Kier molecular flexibility index (Phi) is 4.27. The van der Waals surface area contributed by atoms with E-state index in [9.17, 15) is 0 Å². The van der Waals surface area contributed by atoms with Crippen LogP contribution in [0.15, 0.2) is 12.7 Å². The maximum absolute atomic E-state index is 9.01. The molecule has 0 aromatic carbocycles. The molecule has 0 spiro atoms. The van der Waals surface area contributed by atoms with E-state index >= 15 is 0 Å². The minimum absolute atomic E-state index is 0.174. The van der Waals surface area contributed by atoms with Gasteiger partial charge in [0.05, 0.1) is 18.3 Å². The lowest BCUT2D eigenvalue weighted by Crippen LogP contribution is -2.27. The van der Waals surface area contributed by atoms with Crippen LogP contribution in [0.5, 0.6) is 0 Å². The van der Waals surface area contributed by atoms with Gasteiger partial charge >= 0.3 is 0 Å². The Bertz CT molecular complexity index is 101. The summed E-state index contributed by atoms with van der Waals surface area (Å²) in [6.07, 6.45) is -1.02. The molecule has 3 heteroatoms. The molecule has 0 aromatic heterocycles. The molecule has 0 aliphatic rings. The fourth-order valence-corrected chi connectivity index (χ4v) is 0.646. The summed E-state index contributed by atoms with van der Waals surface area (Å²) in [6, 6.07) is 0. The quantitative estimate of drug-likeness (QED) is 0.476. The predicted molar refractivity (Wildman–Crippen MR) is 38.5 cm³/mol. The molecule has 0 aliphatic heterocycles. The van der Waals surface area contributed by atoms with Crippen molar-refractivity contribution < 1.29 is 15.3 Å². The number of aliphatic hydroxyl groups excluding tert-OH is 3. The van der Waals surface area contributed by atoms with Crippen molar-refractivity contribution in [2.75, 3.05) is 0 Å². The van der Waals surface area contributed by atoms with Crippen molar-refractivity contribution in [2.24, 2.45) is 0 Å². The van der Waals surface area contributed by atoms with Gasteiger partial charge in [-0.1, -0.05) is 6.08 Å². The van der Waals surface area contributed by atoms with Crippen LogP contribution in [0.3, 0.4) is 0 Å². The number of hydrogen-bond donors (Lipinski definition) is 3. The van der Waals surface area contributed by atoms with E-state index < -0.39 is 18.3 Å². The second kappa shape index (κ2) is 4.44. The second-order valence-corrected chi connectivity index (χ2v) is 2.38. The first kappa shape index (κ1) is 9.62. The first-order valence-electron chi connectivity index (χ1n) is 3.24. The first-order valence-corrected chi connectivity index (χ1v) is 3.24. The molecule has 0 unspecified atom stereocenters. The van der Waals surface area contributed by atoms with Gasteiger partial charge in [0.25, 0.3) is 0 Å². The highest BCUT2D eigenvalue weighted by atomic mass is 16.3. The van der Waals surface area contributed by atoms with E-state index in [2.05, 4.69) is 6.58 Å². The van der Waals surface area contributed by atoms with Crippen LogP contribution in [0.2, 0.25) is 0 Å². The van der Waals surface area contributed by atoms with Gasteiger partial charge < -0.3 is 15.3 Å². The summed E-state index contributed by atoms with van der Waals surface area (Å²) in [4.78, 5) is 0. The summed E-state index contributed by atoms with van der Waals surface area (Å²) in [7, 11) is 0. The van der Waals surface area contributed by atoms with Crippen molar-refractivity contribution in [1.82, 2.24) is 0 Å². The summed E-state index contributed by atoms with van der Waals surface area (Å²) < 4.78 is 0. The lowest BCUT2D eigenvalue weighted by Gasteiger charge is -2.15. The maximum Gasteiger partial charge on any atom is 0.0978 e. The van der Waals surface area contributed by atoms with Crippen molar-refractivity contribution in [3.05, 3.63) is 12.7 Å². The molecule has 0 saturated carbocycles. The smallest absolute Gasteiger partial charge is 0.0978 e. The third kappa shape index (κ3) is 3.61. The summed E-state index contributed by atoms with van der Waals surface area (Å²) in [5.74, 6) is 0. The highest BCUT2D eigenvalue weighted by molar-refractivity contribution is 4.84. The van der Waals surface area contributed by atoms with Gasteiger partial charge in [-0.3, -0.25) is 0 Å². The molecule has 3 nitrogen and oxygen atoms in total. The topological polar surface area (TPSA) is 60.7 Å². The zero-order valence-electron chi connectivity index (χ0n) is 6.07. The normalized spacial score (nSPS) is 19.6. The van der Waals surface area contributed by atoms with E-state index in [0.717, 1.165) is 0 Å². The molecule has 0 aromatic rings. The average Bonchev–Trinajstić information content (AvgIpc) is 1.85. The minimum atomic E-state index is -0.936. The van der Waals surface area contributed by atoms with Crippen LogP contribution in [-0.2, 0) is 0 Å². The molecule has 0 aliphatic carbocycles. The molecule has 0 saturated heterocycles. The van der Waals surface area contributed by atoms with E-state index in [1.807, 2.05) is 0 Å². The fraction of sp³-hybridized carbons (Fsp3) is 0.714. The van der Waals surface area contributed by atoms with Crippen LogP contribution in [0.4, 0.5) is 0 Å². The first-order chi connectivity index (χ1) is 4.57. The van der Waals surface area contributed by atoms with Gasteiger partial charge in [-0.25, -0.2) is 0 Å². The summed E-state index contributed by atoms with van der Waals surface area (Å²) in [5, 5.41) is 26.7. The Hall–Kier alpha value is -0.380. The Labute approximate surface area is 60.6 Å². The van der Waals surface area contributed by atoms with Gasteiger partial charge in [0.2, 0.25) is 0 Å². The molecule has 3 N–H and O–H groups in total. The van der Waals surface area contributed by atoms with Gasteiger partial charge in [-0.2, -0.15) is 0 Å². The van der Waals surface area contributed by atoms with Gasteiger partial charge in [0.15, 0.2) is 0 Å². The lowest BCUT2D eigenvalue weighted by molar-refractivity contribution is 0.0144. The van der Waals surface area contributed by atoms with E-state index in [4.69, 9.17) is 15.3 Å². The Morgan fingerprint density at radius 3 is 2.20 bits per heavy atom. The molecular weight excluding hydrogens is 132 g/mol. The highest BCUT2D eigenvalue weighted by Crippen LogP contribution is 2.02. The zero-order chi connectivity index (χ0) is 8.15. The molecular formula is C7H14O3. The van der Waals surface area contributed by atoms with E-state index in [-0.39, 0.29) is 6.42 Å². The summed E-state index contributed by atoms with van der Waals surface area (Å²) >= 11 is 0. The van der Waals surface area contributed by atoms with Crippen LogP contribution in [0.25, 0.3) is 0 Å². The van der Waals surface area contributed by atoms with Crippen LogP contribution in [0.1, 0.15) is 13.3 Å². The standard InChI is InChI=1S/C7H14O3/c1-3-6(9)7(10)4-5(2)8/h3,5-10H,1,4H2,2H3/t5-,6+,7+/m0/s1. The lowest BCUT2D eigenvalue weighted by atomic mass is 10.1. The Balaban J connectivity index is 3.60. The van der Waals surface area contributed by atoms with Crippen LogP contribution in [-0.4, -0.2) is 33.6 Å². The Morgan fingerprint density at radius 1 is 1.40 bits per heavy atom. The van der Waals surface area contributed by atoms with Crippen molar-refractivity contribution in [3.63, 3.8) is 0 Å².